The molecular formula is C23H32N2O3. The summed E-state index contributed by atoms with van der Waals surface area (Å²) in [5, 5.41) is 22.3. The van der Waals surface area contributed by atoms with Gasteiger partial charge in [0, 0.05) is 36.3 Å². The number of amides is 1. The highest BCUT2D eigenvalue weighted by atomic mass is 16.5. The van der Waals surface area contributed by atoms with Crippen molar-refractivity contribution in [2.45, 2.75) is 57.3 Å². The highest BCUT2D eigenvalue weighted by molar-refractivity contribution is 5.94. The Hall–Kier alpha value is -1.59. The van der Waals surface area contributed by atoms with Crippen molar-refractivity contribution < 1.29 is 15.0 Å². The van der Waals surface area contributed by atoms with Crippen molar-refractivity contribution in [2.75, 3.05) is 18.0 Å². The lowest BCUT2D eigenvalue weighted by atomic mass is 9.54. The average Bonchev–Trinajstić information content (AvgIpc) is 2.70. The van der Waals surface area contributed by atoms with Gasteiger partial charge in [0.1, 0.15) is 0 Å². The Labute approximate surface area is 167 Å². The first kappa shape index (κ1) is 18.4. The Morgan fingerprint density at radius 1 is 1.00 bits per heavy atom. The van der Waals surface area contributed by atoms with Gasteiger partial charge in [0.2, 0.25) is 0 Å². The number of hydrogen-bond acceptors (Lipinski definition) is 4. The van der Waals surface area contributed by atoms with Crippen LogP contribution in [0.3, 0.4) is 0 Å². The van der Waals surface area contributed by atoms with Crippen molar-refractivity contribution >= 4 is 11.6 Å². The van der Waals surface area contributed by atoms with Crippen molar-refractivity contribution in [3.8, 4) is 0 Å². The molecule has 1 saturated heterocycles. The van der Waals surface area contributed by atoms with Crippen LogP contribution in [-0.4, -0.2) is 41.5 Å². The maximum absolute atomic E-state index is 12.9. The lowest BCUT2D eigenvalue weighted by molar-refractivity contribution is -0.0862. The third-order valence-corrected chi connectivity index (χ3v) is 7.90. The number of nitrogens with zero attached hydrogens (tertiary/aromatic N) is 1. The van der Waals surface area contributed by atoms with E-state index >= 15 is 0 Å². The van der Waals surface area contributed by atoms with Crippen LogP contribution in [-0.2, 0) is 0 Å². The van der Waals surface area contributed by atoms with Crippen molar-refractivity contribution in [2.24, 2.45) is 29.6 Å². The van der Waals surface area contributed by atoms with E-state index in [0.717, 1.165) is 42.5 Å². The van der Waals surface area contributed by atoms with E-state index in [2.05, 4.69) is 10.2 Å². The van der Waals surface area contributed by atoms with Gasteiger partial charge in [0.15, 0.2) is 6.29 Å². The molecule has 1 unspecified atom stereocenters. The van der Waals surface area contributed by atoms with Gasteiger partial charge in [-0.05, 0) is 92.9 Å². The van der Waals surface area contributed by atoms with E-state index in [1.807, 2.05) is 24.3 Å². The molecule has 1 atom stereocenters. The van der Waals surface area contributed by atoms with E-state index in [-0.39, 0.29) is 11.8 Å². The van der Waals surface area contributed by atoms with Crippen LogP contribution in [0.1, 0.15) is 55.3 Å². The highest BCUT2D eigenvalue weighted by Gasteiger charge is 2.48. The Kier molecular flexibility index (Phi) is 4.84. The van der Waals surface area contributed by atoms with Crippen LogP contribution in [0, 0.1) is 29.6 Å². The number of rotatable bonds is 4. The summed E-state index contributed by atoms with van der Waals surface area (Å²) in [5.41, 5.74) is 1.78. The van der Waals surface area contributed by atoms with Crippen LogP contribution in [0.15, 0.2) is 24.3 Å². The number of piperidine rings is 1. The molecule has 1 aromatic carbocycles. The molecule has 1 amide bonds. The van der Waals surface area contributed by atoms with Crippen LogP contribution >= 0.6 is 0 Å². The minimum absolute atomic E-state index is 0.0614. The van der Waals surface area contributed by atoms with E-state index in [1.54, 1.807) is 0 Å². The number of carbonyl (C=O) groups excluding carboxylic acids is 1. The lowest BCUT2D eigenvalue weighted by Crippen LogP contribution is -2.55. The van der Waals surface area contributed by atoms with E-state index in [0.29, 0.717) is 24.4 Å². The molecule has 0 spiro atoms. The zero-order chi connectivity index (χ0) is 19.3. The predicted molar refractivity (Wildman–Crippen MR) is 108 cm³/mol. The minimum Gasteiger partial charge on any atom is -0.371 e. The Balaban J connectivity index is 1.23. The predicted octanol–water partition coefficient (Wildman–Crippen LogP) is 2.77. The lowest BCUT2D eigenvalue weighted by Gasteiger charge is -2.54. The number of carbonyl (C=O) groups is 1. The zero-order valence-electron chi connectivity index (χ0n) is 16.5. The maximum atomic E-state index is 12.9. The summed E-state index contributed by atoms with van der Waals surface area (Å²) >= 11 is 0. The van der Waals surface area contributed by atoms with Gasteiger partial charge in [-0.1, -0.05) is 0 Å². The first-order valence-electron chi connectivity index (χ1n) is 11.1. The van der Waals surface area contributed by atoms with E-state index < -0.39 is 6.29 Å². The number of benzene rings is 1. The molecule has 28 heavy (non-hydrogen) atoms. The van der Waals surface area contributed by atoms with Crippen LogP contribution in [0.2, 0.25) is 0 Å². The Bertz CT molecular complexity index is 689. The molecule has 4 bridgehead atoms. The third-order valence-electron chi connectivity index (χ3n) is 7.90. The second-order valence-electron chi connectivity index (χ2n) is 9.74. The molecule has 6 rings (SSSR count). The quantitative estimate of drug-likeness (QED) is 0.698. The molecular weight excluding hydrogens is 352 g/mol. The maximum Gasteiger partial charge on any atom is 0.251 e. The van der Waals surface area contributed by atoms with Crippen molar-refractivity contribution in [3.05, 3.63) is 29.8 Å². The fourth-order valence-corrected chi connectivity index (χ4v) is 6.71. The molecule has 1 aliphatic heterocycles. The smallest absolute Gasteiger partial charge is 0.251 e. The van der Waals surface area contributed by atoms with E-state index in [4.69, 9.17) is 0 Å². The van der Waals surface area contributed by atoms with Crippen molar-refractivity contribution in [3.63, 3.8) is 0 Å². The molecule has 5 nitrogen and oxygen atoms in total. The Morgan fingerprint density at radius 3 is 2.25 bits per heavy atom. The van der Waals surface area contributed by atoms with Gasteiger partial charge in [-0.15, -0.1) is 0 Å². The monoisotopic (exact) mass is 384 g/mol. The third kappa shape index (κ3) is 3.43. The summed E-state index contributed by atoms with van der Waals surface area (Å²) in [6.07, 6.45) is 7.21. The van der Waals surface area contributed by atoms with Crippen LogP contribution in [0.5, 0.6) is 0 Å². The summed E-state index contributed by atoms with van der Waals surface area (Å²) in [5.74, 6) is 3.17. The first-order valence-corrected chi connectivity index (χ1v) is 11.1. The second-order valence-corrected chi connectivity index (χ2v) is 9.74. The summed E-state index contributed by atoms with van der Waals surface area (Å²) < 4.78 is 0. The minimum atomic E-state index is -1.26. The summed E-state index contributed by atoms with van der Waals surface area (Å²) in [6.45, 7) is 1.57. The van der Waals surface area contributed by atoms with Crippen molar-refractivity contribution in [1.82, 2.24) is 5.32 Å². The number of aliphatic hydroxyl groups is 2. The summed E-state index contributed by atoms with van der Waals surface area (Å²) in [6, 6.07) is 8.20. The van der Waals surface area contributed by atoms with E-state index in [9.17, 15) is 15.0 Å². The molecule has 4 saturated carbocycles. The van der Waals surface area contributed by atoms with Gasteiger partial charge in [0.25, 0.3) is 5.91 Å². The summed E-state index contributed by atoms with van der Waals surface area (Å²) in [7, 11) is 0. The zero-order valence-corrected chi connectivity index (χ0v) is 16.5. The molecule has 152 valence electrons. The Morgan fingerprint density at radius 2 is 1.64 bits per heavy atom. The molecule has 5 fully saturated rings. The molecule has 5 aliphatic rings. The highest BCUT2D eigenvalue weighted by Crippen LogP contribution is 2.53. The topological polar surface area (TPSA) is 72.8 Å². The first-order chi connectivity index (χ1) is 13.6. The fraction of sp³-hybridized carbons (Fsp3) is 0.696. The molecule has 5 heteroatoms. The van der Waals surface area contributed by atoms with Crippen LogP contribution in [0.4, 0.5) is 5.69 Å². The van der Waals surface area contributed by atoms with E-state index in [1.165, 1.54) is 32.1 Å². The average molecular weight is 385 g/mol. The van der Waals surface area contributed by atoms with Crippen molar-refractivity contribution in [1.29, 1.82) is 0 Å². The molecule has 0 aromatic heterocycles. The molecule has 4 aliphatic carbocycles. The molecule has 1 heterocycles. The van der Waals surface area contributed by atoms with Gasteiger partial charge in [-0.2, -0.15) is 0 Å². The van der Waals surface area contributed by atoms with Crippen LogP contribution < -0.4 is 10.2 Å². The van der Waals surface area contributed by atoms with Gasteiger partial charge in [0.05, 0.1) is 0 Å². The van der Waals surface area contributed by atoms with Crippen LogP contribution in [0.25, 0.3) is 0 Å². The van der Waals surface area contributed by atoms with Gasteiger partial charge in [-0.3, -0.25) is 4.79 Å². The second kappa shape index (κ2) is 7.34. The number of aliphatic hydroxyl groups excluding tert-OH is 1. The fourth-order valence-electron chi connectivity index (χ4n) is 6.71. The number of hydrogen-bond donors (Lipinski definition) is 3. The molecule has 1 aromatic rings. The largest absolute Gasteiger partial charge is 0.371 e. The van der Waals surface area contributed by atoms with Gasteiger partial charge in [-0.25, -0.2) is 0 Å². The number of anilines is 1. The van der Waals surface area contributed by atoms with Gasteiger partial charge >= 0.3 is 0 Å². The SMILES string of the molecule is O=C(NC1C2CC3CC(C2)CC1C3)c1ccc(N2CCCC(C(O)O)C2)cc1. The normalized spacial score (nSPS) is 36.8. The molecule has 0 radical (unpaired) electrons. The summed E-state index contributed by atoms with van der Waals surface area (Å²) in [4.78, 5) is 15.1. The molecule has 3 N–H and O–H groups in total. The number of nitrogens with one attached hydrogen (secondary N) is 1. The van der Waals surface area contributed by atoms with Gasteiger partial charge < -0.3 is 20.4 Å². The standard InChI is InChI=1S/C23H32N2O3/c26-22(24-21-18-9-14-8-15(11-18)12-19(21)10-14)16-3-5-20(6-4-16)25-7-1-2-17(13-25)23(27)28/h3-6,14-15,17-19,21,23,27-28H,1-2,7-13H2,(H,24,26).